The van der Waals surface area contributed by atoms with E-state index in [2.05, 4.69) is 9.97 Å². The smallest absolute Gasteiger partial charge is 0.314 e. The summed E-state index contributed by atoms with van der Waals surface area (Å²) in [6.07, 6.45) is 7.22. The van der Waals surface area contributed by atoms with Crippen LogP contribution in [-0.4, -0.2) is 9.97 Å². The van der Waals surface area contributed by atoms with Crippen molar-refractivity contribution >= 4 is 6.08 Å². The molecule has 2 N–H and O–H groups in total. The van der Waals surface area contributed by atoms with Crippen LogP contribution in [0.3, 0.4) is 0 Å². The molecular formula is C10H12N2O2. The Labute approximate surface area is 81.0 Å². The van der Waals surface area contributed by atoms with Crippen LogP contribution in [0.5, 0.6) is 0 Å². The molecule has 14 heavy (non-hydrogen) atoms. The molecule has 0 aliphatic rings. The summed E-state index contributed by atoms with van der Waals surface area (Å²) in [6.45, 7) is 3.62. The Balaban J connectivity index is 3.17. The van der Waals surface area contributed by atoms with Gasteiger partial charge in [-0.2, -0.15) is 0 Å². The van der Waals surface area contributed by atoms with Gasteiger partial charge in [-0.3, -0.25) is 9.59 Å². The van der Waals surface area contributed by atoms with E-state index >= 15 is 0 Å². The molecule has 0 saturated carbocycles. The number of aromatic amines is 2. The van der Waals surface area contributed by atoms with Gasteiger partial charge in [0.05, 0.1) is 5.69 Å². The minimum atomic E-state index is -0.629. The molecule has 0 amide bonds. The van der Waals surface area contributed by atoms with Gasteiger partial charge in [-0.1, -0.05) is 18.2 Å². The van der Waals surface area contributed by atoms with E-state index in [1.807, 2.05) is 19.1 Å². The Morgan fingerprint density at radius 3 is 2.36 bits per heavy atom. The predicted octanol–water partition coefficient (Wildman–Crippen LogP) is 0.961. The number of aryl methyl sites for hydroxylation is 1. The summed E-state index contributed by atoms with van der Waals surface area (Å²) in [5.74, 6) is 0. The maximum absolute atomic E-state index is 11.0. The minimum Gasteiger partial charge on any atom is -0.320 e. The van der Waals surface area contributed by atoms with Crippen LogP contribution in [0.15, 0.2) is 27.8 Å². The van der Waals surface area contributed by atoms with E-state index in [-0.39, 0.29) is 0 Å². The number of nitrogens with one attached hydrogen (secondary N) is 2. The van der Waals surface area contributed by atoms with Gasteiger partial charge >= 0.3 is 11.1 Å². The van der Waals surface area contributed by atoms with Crippen molar-refractivity contribution in [2.45, 2.75) is 13.8 Å². The second-order valence-electron chi connectivity index (χ2n) is 2.83. The SMILES string of the molecule is C/C=C\C=C/c1[nH]c(=O)c(=O)[nH]c1C. The van der Waals surface area contributed by atoms with Gasteiger partial charge in [-0.25, -0.2) is 0 Å². The Hall–Kier alpha value is -1.84. The lowest BCUT2D eigenvalue weighted by Crippen LogP contribution is -2.30. The highest BCUT2D eigenvalue weighted by atomic mass is 16.2. The molecule has 4 heteroatoms. The van der Waals surface area contributed by atoms with Crippen LogP contribution in [0.4, 0.5) is 0 Å². The van der Waals surface area contributed by atoms with Crippen molar-refractivity contribution < 1.29 is 0 Å². The standard InChI is InChI=1S/C10H12N2O2/c1-3-4-5-6-8-7(2)11-9(13)10(14)12-8/h3-6H,1-2H3,(H,11,13)(H,12,14)/b4-3-,6-5-. The molecular weight excluding hydrogens is 180 g/mol. The van der Waals surface area contributed by atoms with Crippen LogP contribution >= 0.6 is 0 Å². The molecule has 0 bridgehead atoms. The van der Waals surface area contributed by atoms with E-state index in [0.717, 1.165) is 0 Å². The van der Waals surface area contributed by atoms with Gasteiger partial charge in [0.1, 0.15) is 0 Å². The zero-order valence-corrected chi connectivity index (χ0v) is 8.13. The summed E-state index contributed by atoms with van der Waals surface area (Å²) in [6, 6.07) is 0. The summed E-state index contributed by atoms with van der Waals surface area (Å²) in [5, 5.41) is 0. The summed E-state index contributed by atoms with van der Waals surface area (Å²) >= 11 is 0. The van der Waals surface area contributed by atoms with E-state index in [0.29, 0.717) is 11.4 Å². The first-order valence-corrected chi connectivity index (χ1v) is 4.27. The van der Waals surface area contributed by atoms with Crippen LogP contribution < -0.4 is 11.1 Å². The molecule has 74 valence electrons. The van der Waals surface area contributed by atoms with Crippen molar-refractivity contribution in [2.75, 3.05) is 0 Å². The third-order valence-corrected chi connectivity index (χ3v) is 1.73. The normalized spacial score (nSPS) is 11.6. The summed E-state index contributed by atoms with van der Waals surface area (Å²) in [4.78, 5) is 26.8. The second-order valence-corrected chi connectivity index (χ2v) is 2.83. The highest BCUT2D eigenvalue weighted by Crippen LogP contribution is 1.98. The van der Waals surface area contributed by atoms with E-state index in [9.17, 15) is 9.59 Å². The minimum absolute atomic E-state index is 0.618. The number of aromatic nitrogens is 2. The summed E-state index contributed by atoms with van der Waals surface area (Å²) in [7, 11) is 0. The molecule has 1 aromatic rings. The van der Waals surface area contributed by atoms with Gasteiger partial charge in [0.2, 0.25) is 0 Å². The summed E-state index contributed by atoms with van der Waals surface area (Å²) in [5.41, 5.74) is 0.0180. The van der Waals surface area contributed by atoms with Crippen LogP contribution in [0, 0.1) is 6.92 Å². The molecule has 0 aromatic carbocycles. The van der Waals surface area contributed by atoms with Crippen LogP contribution in [-0.2, 0) is 0 Å². The van der Waals surface area contributed by atoms with Gasteiger partial charge in [0, 0.05) is 5.69 Å². The lowest BCUT2D eigenvalue weighted by atomic mass is 10.3. The number of H-pyrrole nitrogens is 2. The maximum atomic E-state index is 11.0. The van der Waals surface area contributed by atoms with E-state index in [1.165, 1.54) is 0 Å². The molecule has 0 fully saturated rings. The third kappa shape index (κ3) is 2.32. The van der Waals surface area contributed by atoms with E-state index in [4.69, 9.17) is 0 Å². The highest BCUT2D eigenvalue weighted by Gasteiger charge is 1.98. The molecule has 0 unspecified atom stereocenters. The van der Waals surface area contributed by atoms with E-state index in [1.54, 1.807) is 19.1 Å². The number of hydrogen-bond donors (Lipinski definition) is 2. The monoisotopic (exact) mass is 192 g/mol. The van der Waals surface area contributed by atoms with Crippen LogP contribution in [0.2, 0.25) is 0 Å². The average molecular weight is 192 g/mol. The van der Waals surface area contributed by atoms with Gasteiger partial charge in [-0.05, 0) is 19.9 Å². The van der Waals surface area contributed by atoms with Gasteiger partial charge in [-0.15, -0.1) is 0 Å². The van der Waals surface area contributed by atoms with Gasteiger partial charge in [0.25, 0.3) is 0 Å². The Bertz CT molecular complexity index is 478. The van der Waals surface area contributed by atoms with Crippen molar-refractivity contribution in [1.82, 2.24) is 9.97 Å². The average Bonchev–Trinajstić information content (AvgIpc) is 2.14. The van der Waals surface area contributed by atoms with E-state index < -0.39 is 11.1 Å². The summed E-state index contributed by atoms with van der Waals surface area (Å²) < 4.78 is 0. The van der Waals surface area contributed by atoms with Crippen molar-refractivity contribution in [1.29, 1.82) is 0 Å². The molecule has 0 spiro atoms. The third-order valence-electron chi connectivity index (χ3n) is 1.73. The van der Waals surface area contributed by atoms with Crippen molar-refractivity contribution in [3.63, 3.8) is 0 Å². The second kappa shape index (κ2) is 4.41. The largest absolute Gasteiger partial charge is 0.320 e. The fourth-order valence-electron chi connectivity index (χ4n) is 0.997. The first-order valence-electron chi connectivity index (χ1n) is 4.27. The predicted molar refractivity (Wildman–Crippen MR) is 56.3 cm³/mol. The van der Waals surface area contributed by atoms with Crippen LogP contribution in [0.25, 0.3) is 6.08 Å². The fraction of sp³-hybridized carbons (Fsp3) is 0.200. The molecule has 1 rings (SSSR count). The van der Waals surface area contributed by atoms with Crippen molar-refractivity contribution in [2.24, 2.45) is 0 Å². The quantitative estimate of drug-likeness (QED) is 0.541. The molecule has 1 aromatic heterocycles. The molecule has 0 aliphatic heterocycles. The lowest BCUT2D eigenvalue weighted by Gasteiger charge is -1.97. The molecule has 0 radical (unpaired) electrons. The fourth-order valence-corrected chi connectivity index (χ4v) is 0.997. The zero-order chi connectivity index (χ0) is 10.6. The zero-order valence-electron chi connectivity index (χ0n) is 8.13. The van der Waals surface area contributed by atoms with Crippen molar-refractivity contribution in [3.8, 4) is 0 Å². The topological polar surface area (TPSA) is 65.7 Å². The molecule has 1 heterocycles. The number of hydrogen-bond acceptors (Lipinski definition) is 2. The number of allylic oxidation sites excluding steroid dienone is 3. The first kappa shape index (κ1) is 10.2. The van der Waals surface area contributed by atoms with Crippen LogP contribution in [0.1, 0.15) is 18.3 Å². The van der Waals surface area contributed by atoms with Gasteiger partial charge < -0.3 is 9.97 Å². The maximum Gasteiger partial charge on any atom is 0.314 e. The van der Waals surface area contributed by atoms with Gasteiger partial charge in [0.15, 0.2) is 0 Å². The Kier molecular flexibility index (Phi) is 3.23. The molecule has 0 atom stereocenters. The number of rotatable bonds is 2. The molecule has 0 aliphatic carbocycles. The lowest BCUT2D eigenvalue weighted by molar-refractivity contribution is 1.01. The van der Waals surface area contributed by atoms with Crippen molar-refractivity contribution in [3.05, 3.63) is 50.3 Å². The Morgan fingerprint density at radius 2 is 1.71 bits per heavy atom. The highest BCUT2D eigenvalue weighted by molar-refractivity contribution is 5.48. The molecule has 0 saturated heterocycles. The molecule has 4 nitrogen and oxygen atoms in total. The first-order chi connectivity index (χ1) is 6.65. The Morgan fingerprint density at radius 1 is 1.07 bits per heavy atom.